The van der Waals surface area contributed by atoms with Crippen LogP contribution in [0.1, 0.15) is 31.2 Å². The van der Waals surface area contributed by atoms with Gasteiger partial charge in [0.05, 0.1) is 12.7 Å². The van der Waals surface area contributed by atoms with Crippen molar-refractivity contribution < 1.29 is 14.9 Å². The van der Waals surface area contributed by atoms with Crippen LogP contribution in [0.4, 0.5) is 0 Å². The van der Waals surface area contributed by atoms with Gasteiger partial charge in [-0.1, -0.05) is 25.0 Å². The molecule has 94 valence electrons. The van der Waals surface area contributed by atoms with E-state index in [2.05, 4.69) is 0 Å². The summed E-state index contributed by atoms with van der Waals surface area (Å²) >= 11 is 0. The Labute approximate surface area is 102 Å². The summed E-state index contributed by atoms with van der Waals surface area (Å²) < 4.78 is 5.19. The highest BCUT2D eigenvalue weighted by molar-refractivity contribution is 5.33. The van der Waals surface area contributed by atoms with Gasteiger partial charge in [-0.2, -0.15) is 0 Å². The zero-order valence-electron chi connectivity index (χ0n) is 10.2. The fourth-order valence-corrected chi connectivity index (χ4v) is 2.74. The van der Waals surface area contributed by atoms with Crippen molar-refractivity contribution >= 4 is 0 Å². The number of aliphatic hydroxyl groups excluding tert-OH is 1. The SMILES string of the molecule is COc1cccc([C@@]2(O)CCCC[C@@H]2CO)c1. The van der Waals surface area contributed by atoms with E-state index in [9.17, 15) is 10.2 Å². The number of rotatable bonds is 3. The molecule has 3 heteroatoms. The van der Waals surface area contributed by atoms with Gasteiger partial charge in [-0.25, -0.2) is 0 Å². The lowest BCUT2D eigenvalue weighted by molar-refractivity contribution is -0.0730. The molecule has 2 atom stereocenters. The molecule has 1 aromatic rings. The topological polar surface area (TPSA) is 49.7 Å². The maximum atomic E-state index is 10.8. The highest BCUT2D eigenvalue weighted by Crippen LogP contribution is 2.42. The quantitative estimate of drug-likeness (QED) is 0.844. The van der Waals surface area contributed by atoms with E-state index in [1.54, 1.807) is 7.11 Å². The van der Waals surface area contributed by atoms with Gasteiger partial charge in [0.15, 0.2) is 0 Å². The summed E-state index contributed by atoms with van der Waals surface area (Å²) in [5, 5.41) is 20.2. The van der Waals surface area contributed by atoms with Gasteiger partial charge in [-0.05, 0) is 30.5 Å². The van der Waals surface area contributed by atoms with Crippen molar-refractivity contribution in [3.63, 3.8) is 0 Å². The van der Waals surface area contributed by atoms with E-state index >= 15 is 0 Å². The first-order valence-electron chi connectivity index (χ1n) is 6.18. The highest BCUT2D eigenvalue weighted by atomic mass is 16.5. The van der Waals surface area contributed by atoms with Crippen LogP contribution in [0.3, 0.4) is 0 Å². The molecule has 0 saturated heterocycles. The van der Waals surface area contributed by atoms with E-state index in [1.807, 2.05) is 24.3 Å². The molecule has 1 aromatic carbocycles. The Morgan fingerprint density at radius 2 is 2.24 bits per heavy atom. The summed E-state index contributed by atoms with van der Waals surface area (Å²) in [5.74, 6) is 0.682. The average Bonchev–Trinajstić information content (AvgIpc) is 2.39. The molecule has 0 heterocycles. The van der Waals surface area contributed by atoms with Crippen LogP contribution in [0.5, 0.6) is 5.75 Å². The average molecular weight is 236 g/mol. The summed E-state index contributed by atoms with van der Waals surface area (Å²) in [5.41, 5.74) is -0.0442. The number of methoxy groups -OCH3 is 1. The number of ether oxygens (including phenoxy) is 1. The van der Waals surface area contributed by atoms with Gasteiger partial charge in [0, 0.05) is 12.5 Å². The largest absolute Gasteiger partial charge is 0.497 e. The number of hydrogen-bond acceptors (Lipinski definition) is 3. The first kappa shape index (κ1) is 12.4. The van der Waals surface area contributed by atoms with E-state index in [4.69, 9.17) is 4.74 Å². The smallest absolute Gasteiger partial charge is 0.119 e. The summed E-state index contributed by atoms with van der Waals surface area (Å²) in [6.45, 7) is 0.0354. The molecule has 1 aliphatic carbocycles. The lowest BCUT2D eigenvalue weighted by atomic mass is 9.72. The summed E-state index contributed by atoms with van der Waals surface area (Å²) in [6, 6.07) is 7.53. The van der Waals surface area contributed by atoms with Crippen molar-refractivity contribution in [1.29, 1.82) is 0 Å². The lowest BCUT2D eigenvalue weighted by Gasteiger charge is -2.39. The molecule has 0 radical (unpaired) electrons. The summed E-state index contributed by atoms with van der Waals surface area (Å²) in [4.78, 5) is 0. The van der Waals surface area contributed by atoms with Crippen molar-refractivity contribution in [3.8, 4) is 5.75 Å². The highest BCUT2D eigenvalue weighted by Gasteiger charge is 2.40. The molecule has 1 saturated carbocycles. The second kappa shape index (κ2) is 5.07. The molecule has 0 spiro atoms. The van der Waals surface area contributed by atoms with Gasteiger partial charge < -0.3 is 14.9 Å². The standard InChI is InChI=1S/C14H20O3/c1-17-13-7-4-6-11(9-13)14(16)8-3-2-5-12(14)10-15/h4,6-7,9,12,15-16H,2-3,5,8,10H2,1H3/t12-,14+/m1/s1. The van der Waals surface area contributed by atoms with Crippen LogP contribution in [0, 0.1) is 5.92 Å². The Bertz CT molecular complexity index is 377. The Morgan fingerprint density at radius 3 is 2.94 bits per heavy atom. The molecule has 2 N–H and O–H groups in total. The Balaban J connectivity index is 2.33. The van der Waals surface area contributed by atoms with Crippen LogP contribution in [0.2, 0.25) is 0 Å². The molecule has 0 aromatic heterocycles. The molecule has 0 unspecified atom stereocenters. The van der Waals surface area contributed by atoms with E-state index < -0.39 is 5.60 Å². The van der Waals surface area contributed by atoms with Crippen molar-refractivity contribution in [3.05, 3.63) is 29.8 Å². The molecule has 1 fully saturated rings. The maximum absolute atomic E-state index is 10.8. The Hall–Kier alpha value is -1.06. The zero-order chi connectivity index (χ0) is 12.3. The summed E-state index contributed by atoms with van der Waals surface area (Å²) in [7, 11) is 1.62. The minimum atomic E-state index is -0.901. The fourth-order valence-electron chi connectivity index (χ4n) is 2.74. The van der Waals surface area contributed by atoms with Crippen molar-refractivity contribution in [2.75, 3.05) is 13.7 Å². The molecular weight excluding hydrogens is 216 g/mol. The van der Waals surface area contributed by atoms with Gasteiger partial charge in [-0.15, -0.1) is 0 Å². The van der Waals surface area contributed by atoms with Gasteiger partial charge >= 0.3 is 0 Å². The monoisotopic (exact) mass is 236 g/mol. The molecule has 2 rings (SSSR count). The van der Waals surface area contributed by atoms with Crippen LogP contribution in [-0.4, -0.2) is 23.9 Å². The third-order valence-corrected chi connectivity index (χ3v) is 3.83. The van der Waals surface area contributed by atoms with Crippen LogP contribution in [0.25, 0.3) is 0 Å². The molecule has 0 bridgehead atoms. The van der Waals surface area contributed by atoms with Crippen LogP contribution < -0.4 is 4.74 Å². The minimum Gasteiger partial charge on any atom is -0.497 e. The Morgan fingerprint density at radius 1 is 1.41 bits per heavy atom. The molecule has 17 heavy (non-hydrogen) atoms. The number of hydrogen-bond donors (Lipinski definition) is 2. The summed E-state index contributed by atoms with van der Waals surface area (Å²) in [6.07, 6.45) is 3.68. The molecule has 1 aliphatic rings. The van der Waals surface area contributed by atoms with Gasteiger partial charge in [-0.3, -0.25) is 0 Å². The molecule has 3 nitrogen and oxygen atoms in total. The van der Waals surface area contributed by atoms with E-state index in [0.29, 0.717) is 6.42 Å². The van der Waals surface area contributed by atoms with Crippen molar-refractivity contribution in [2.24, 2.45) is 5.92 Å². The zero-order valence-corrected chi connectivity index (χ0v) is 10.2. The van der Waals surface area contributed by atoms with Crippen LogP contribution >= 0.6 is 0 Å². The van der Waals surface area contributed by atoms with Crippen molar-refractivity contribution in [1.82, 2.24) is 0 Å². The van der Waals surface area contributed by atoms with Gasteiger partial charge in [0.1, 0.15) is 5.75 Å². The third-order valence-electron chi connectivity index (χ3n) is 3.83. The van der Waals surface area contributed by atoms with E-state index in [-0.39, 0.29) is 12.5 Å². The predicted molar refractivity (Wildman–Crippen MR) is 65.9 cm³/mol. The number of benzene rings is 1. The van der Waals surface area contributed by atoms with Crippen LogP contribution in [-0.2, 0) is 5.60 Å². The molecular formula is C14H20O3. The van der Waals surface area contributed by atoms with E-state index in [0.717, 1.165) is 30.6 Å². The predicted octanol–water partition coefficient (Wildman–Crippen LogP) is 2.07. The maximum Gasteiger partial charge on any atom is 0.119 e. The Kier molecular flexibility index (Phi) is 3.69. The van der Waals surface area contributed by atoms with E-state index in [1.165, 1.54) is 0 Å². The molecule has 0 aliphatic heterocycles. The fraction of sp³-hybridized carbons (Fsp3) is 0.571. The lowest BCUT2D eigenvalue weighted by Crippen LogP contribution is -2.39. The normalized spacial score (nSPS) is 29.0. The van der Waals surface area contributed by atoms with Gasteiger partial charge in [0.2, 0.25) is 0 Å². The van der Waals surface area contributed by atoms with Crippen molar-refractivity contribution in [2.45, 2.75) is 31.3 Å². The second-order valence-electron chi connectivity index (χ2n) is 4.78. The third kappa shape index (κ3) is 2.31. The van der Waals surface area contributed by atoms with Crippen LogP contribution in [0.15, 0.2) is 24.3 Å². The minimum absolute atomic E-state index is 0.0354. The first-order chi connectivity index (χ1) is 8.20. The van der Waals surface area contributed by atoms with Gasteiger partial charge in [0.25, 0.3) is 0 Å². The second-order valence-corrected chi connectivity index (χ2v) is 4.78. The first-order valence-corrected chi connectivity index (χ1v) is 6.18. The number of aliphatic hydroxyl groups is 2. The molecule has 0 amide bonds.